The fourth-order valence-corrected chi connectivity index (χ4v) is 10.5. The Balaban J connectivity index is 1.40. The van der Waals surface area contributed by atoms with Crippen LogP contribution in [0.4, 0.5) is 34.1 Å². The molecule has 0 N–H and O–H groups in total. The van der Waals surface area contributed by atoms with Gasteiger partial charge < -0.3 is 9.80 Å². The maximum absolute atomic E-state index is 8.25. The van der Waals surface area contributed by atoms with E-state index in [1.165, 1.54) is 71.6 Å². The van der Waals surface area contributed by atoms with E-state index in [2.05, 4.69) is 296 Å². The van der Waals surface area contributed by atoms with Gasteiger partial charge in [0.1, 0.15) is 0 Å². The molecule has 9 rings (SSSR count). The zero-order valence-corrected chi connectivity index (χ0v) is 46.8. The second kappa shape index (κ2) is 19.0. The summed E-state index contributed by atoms with van der Waals surface area (Å²) in [5.41, 5.74) is 16.8. The van der Waals surface area contributed by atoms with Crippen molar-refractivity contribution in [3.8, 4) is 22.3 Å². The Morgan fingerprint density at radius 2 is 0.630 bits per heavy atom. The van der Waals surface area contributed by atoms with Gasteiger partial charge in [0.15, 0.2) is 0 Å². The van der Waals surface area contributed by atoms with Crippen LogP contribution in [0.25, 0.3) is 43.8 Å². The molecule has 0 saturated carbocycles. The highest BCUT2D eigenvalue weighted by Gasteiger charge is 2.30. The molecular weight excluding hydrogens is 904 g/mol. The molecule has 0 radical (unpaired) electrons. The third-order valence-corrected chi connectivity index (χ3v) is 15.1. The smallest absolute Gasteiger partial charge is 0.0887 e. The van der Waals surface area contributed by atoms with E-state index in [1.54, 1.807) is 0 Å². The van der Waals surface area contributed by atoms with E-state index in [4.69, 9.17) is 11.6 Å². The lowest BCUT2D eigenvalue weighted by Gasteiger charge is -2.34. The van der Waals surface area contributed by atoms with Crippen LogP contribution in [0, 0.1) is 0 Å². The summed E-state index contributed by atoms with van der Waals surface area (Å²) in [7, 11) is 0. The van der Waals surface area contributed by atoms with Crippen LogP contribution in [-0.4, -0.2) is 0 Å². The van der Waals surface area contributed by atoms with Crippen LogP contribution in [0.2, 0.25) is 5.02 Å². The molecule has 0 atom stereocenters. The first-order chi connectivity index (χ1) is 34.3. The summed E-state index contributed by atoms with van der Waals surface area (Å²) in [5.74, 6) is 0. The van der Waals surface area contributed by atoms with E-state index in [9.17, 15) is 0 Å². The van der Waals surface area contributed by atoms with Crippen molar-refractivity contribution in [1.29, 1.82) is 0 Å². The number of benzene rings is 9. The molecule has 3 heteroatoms. The second-order valence-electron chi connectivity index (χ2n) is 25.4. The van der Waals surface area contributed by atoms with Crippen LogP contribution >= 0.6 is 11.6 Å². The molecule has 0 fully saturated rings. The van der Waals surface area contributed by atoms with Crippen LogP contribution in [0.1, 0.15) is 132 Å². The van der Waals surface area contributed by atoms with E-state index < -0.39 is 0 Å². The summed E-state index contributed by atoms with van der Waals surface area (Å²) >= 11 is 8.25. The number of hydrogen-bond donors (Lipinski definition) is 0. The molecule has 0 bridgehead atoms. The van der Waals surface area contributed by atoms with E-state index in [1.807, 2.05) is 0 Å². The van der Waals surface area contributed by atoms with Crippen LogP contribution in [0.5, 0.6) is 0 Å². The molecule has 0 spiro atoms. The third-order valence-electron chi connectivity index (χ3n) is 14.7. The van der Waals surface area contributed by atoms with Crippen molar-refractivity contribution in [2.24, 2.45) is 0 Å². The Hall–Kier alpha value is -6.61. The maximum atomic E-state index is 8.25. The van der Waals surface area contributed by atoms with Gasteiger partial charge in [0, 0.05) is 22.7 Å². The summed E-state index contributed by atoms with van der Waals surface area (Å²) in [6.07, 6.45) is 0. The largest absolute Gasteiger partial charge is 0.309 e. The minimum atomic E-state index is -0.232. The van der Waals surface area contributed by atoms with Crippen molar-refractivity contribution in [1.82, 2.24) is 0 Å². The minimum Gasteiger partial charge on any atom is -0.309 e. The zero-order valence-electron chi connectivity index (χ0n) is 46.1. The lowest BCUT2D eigenvalue weighted by Crippen LogP contribution is -2.19. The molecule has 0 unspecified atom stereocenters. The van der Waals surface area contributed by atoms with Crippen molar-refractivity contribution in [3.05, 3.63) is 215 Å². The fourth-order valence-electron chi connectivity index (χ4n) is 10.2. The average Bonchev–Trinajstić information content (AvgIpc) is 3.33. The summed E-state index contributed by atoms with van der Waals surface area (Å²) < 4.78 is 0. The first-order valence-corrected chi connectivity index (χ1v) is 26.6. The van der Waals surface area contributed by atoms with Crippen molar-refractivity contribution < 1.29 is 0 Å². The summed E-state index contributed by atoms with van der Waals surface area (Å²) in [5, 5.41) is 5.52. The molecule has 2 nitrogen and oxygen atoms in total. The molecule has 0 aromatic heterocycles. The van der Waals surface area contributed by atoms with Gasteiger partial charge in [-0.2, -0.15) is 0 Å². The molecule has 0 heterocycles. The number of halogens is 1. The first kappa shape index (κ1) is 51.3. The fraction of sp³-hybridized carbons (Fsp3) is 0.286. The Morgan fingerprint density at radius 3 is 1.05 bits per heavy atom. The van der Waals surface area contributed by atoms with Gasteiger partial charge in [-0.1, -0.05) is 231 Å². The monoisotopic (exact) mass is 979 g/mol. The molecular formula is C70H75ClN2. The topological polar surface area (TPSA) is 6.48 Å². The highest BCUT2D eigenvalue weighted by molar-refractivity contribution is 6.37. The Labute approximate surface area is 442 Å². The average molecular weight is 980 g/mol. The van der Waals surface area contributed by atoms with E-state index in [0.29, 0.717) is 5.02 Å². The van der Waals surface area contributed by atoms with Crippen molar-refractivity contribution in [2.45, 2.75) is 131 Å². The van der Waals surface area contributed by atoms with Gasteiger partial charge in [0.05, 0.1) is 16.4 Å². The normalized spacial score (nSPS) is 12.7. The molecule has 0 saturated heterocycles. The quantitative estimate of drug-likeness (QED) is 0.140. The molecule has 0 aliphatic rings. The first-order valence-electron chi connectivity index (χ1n) is 26.2. The van der Waals surface area contributed by atoms with Crippen molar-refractivity contribution in [2.75, 3.05) is 9.80 Å². The van der Waals surface area contributed by atoms with Crippen LogP contribution < -0.4 is 9.80 Å². The number of hydrogen-bond acceptors (Lipinski definition) is 2. The van der Waals surface area contributed by atoms with Crippen LogP contribution in [0.3, 0.4) is 0 Å². The van der Waals surface area contributed by atoms with Gasteiger partial charge in [-0.25, -0.2) is 0 Å². The third kappa shape index (κ3) is 10.3. The number of rotatable bonds is 8. The molecule has 0 amide bonds. The molecule has 9 aromatic rings. The summed E-state index contributed by atoms with van der Waals surface area (Å²) in [6.45, 7) is 34.3. The maximum Gasteiger partial charge on any atom is 0.0887 e. The lowest BCUT2D eigenvalue weighted by atomic mass is 9.81. The molecule has 372 valence electrons. The van der Waals surface area contributed by atoms with Gasteiger partial charge >= 0.3 is 0 Å². The second-order valence-corrected chi connectivity index (χ2v) is 25.7. The lowest BCUT2D eigenvalue weighted by molar-refractivity contribution is 0.589. The predicted octanol–water partition coefficient (Wildman–Crippen LogP) is 21.4. The molecule has 9 aromatic carbocycles. The molecule has 73 heavy (non-hydrogen) atoms. The summed E-state index contributed by atoms with van der Waals surface area (Å²) in [6, 6.07) is 68.0. The van der Waals surface area contributed by atoms with E-state index >= 15 is 0 Å². The van der Waals surface area contributed by atoms with Crippen LogP contribution in [0.15, 0.2) is 182 Å². The number of nitrogens with zero attached hydrogens (tertiary/aromatic N) is 2. The minimum absolute atomic E-state index is 0.000730. The zero-order chi connectivity index (χ0) is 52.4. The predicted molar refractivity (Wildman–Crippen MR) is 320 cm³/mol. The van der Waals surface area contributed by atoms with Gasteiger partial charge in [0.25, 0.3) is 0 Å². The molecule has 0 aliphatic carbocycles. The Bertz CT molecular complexity index is 3440. The standard InChI is InChI=1S/C70H75ClN2/c1-66(2,3)48-29-34-53(35-30-48)72(55-28-22-27-50(41-55)68(7,8)9)61-43-52(70(13,14)15)44-62(65(61)71)73(54-36-31-49(32-37-54)67(4,5)6)56-38-40-58-60(45-56)64(47-25-20-17-21-26-47)57-39-33-51(69(10,11)12)42-59(57)63(58)46-23-18-16-19-24-46/h16-45H,1-15H3. The van der Waals surface area contributed by atoms with E-state index in [0.717, 1.165) is 34.1 Å². The number of fused-ring (bicyclic) bond motifs is 2. The van der Waals surface area contributed by atoms with Gasteiger partial charge in [0.2, 0.25) is 0 Å². The number of anilines is 6. The highest BCUT2D eigenvalue weighted by atomic mass is 35.5. The van der Waals surface area contributed by atoms with Gasteiger partial charge in [-0.05, 0) is 165 Å². The van der Waals surface area contributed by atoms with Crippen molar-refractivity contribution >= 4 is 67.3 Å². The highest BCUT2D eigenvalue weighted by Crippen LogP contribution is 2.52. The molecule has 0 aliphatic heterocycles. The van der Waals surface area contributed by atoms with E-state index in [-0.39, 0.29) is 27.1 Å². The van der Waals surface area contributed by atoms with Crippen molar-refractivity contribution in [3.63, 3.8) is 0 Å². The SMILES string of the molecule is CC(C)(C)c1ccc(N(c2cccc(C(C)(C)C)c2)c2cc(C(C)(C)C)cc(N(c3ccc(C(C)(C)C)cc3)c3ccc4c(-c5ccccc5)c5cc(C(C)(C)C)ccc5c(-c5ccccc5)c4c3)c2Cl)cc1. The Kier molecular flexibility index (Phi) is 13.4. The van der Waals surface area contributed by atoms with Crippen LogP contribution in [-0.2, 0) is 27.1 Å². The summed E-state index contributed by atoms with van der Waals surface area (Å²) in [4.78, 5) is 4.78. The van der Waals surface area contributed by atoms with Gasteiger partial charge in [-0.15, -0.1) is 0 Å². The van der Waals surface area contributed by atoms with Gasteiger partial charge in [-0.3, -0.25) is 0 Å². The Morgan fingerprint density at radius 1 is 0.274 bits per heavy atom.